The van der Waals surface area contributed by atoms with Gasteiger partial charge in [0.2, 0.25) is 6.79 Å². The largest absolute Gasteiger partial charge is 0.454 e. The van der Waals surface area contributed by atoms with E-state index in [9.17, 15) is 4.79 Å². The lowest BCUT2D eigenvalue weighted by atomic mass is 10.2. The highest BCUT2D eigenvalue weighted by atomic mass is 16.7. The third-order valence-corrected chi connectivity index (χ3v) is 2.58. The molecule has 6 nitrogen and oxygen atoms in total. The van der Waals surface area contributed by atoms with E-state index < -0.39 is 6.09 Å². The number of likely N-dealkylation sites (N-methyl/N-ethyl adjacent to an activating group) is 1. The van der Waals surface area contributed by atoms with Gasteiger partial charge in [-0.05, 0) is 17.7 Å². The summed E-state index contributed by atoms with van der Waals surface area (Å²) in [6.07, 6.45) is -0.391. The zero-order chi connectivity index (χ0) is 13.0. The average molecular weight is 252 g/mol. The third-order valence-electron chi connectivity index (χ3n) is 2.58. The van der Waals surface area contributed by atoms with Gasteiger partial charge < -0.3 is 24.8 Å². The summed E-state index contributed by atoms with van der Waals surface area (Å²) in [5.41, 5.74) is 6.21. The molecule has 0 bridgehead atoms. The summed E-state index contributed by atoms with van der Waals surface area (Å²) < 4.78 is 15.6. The number of carbonyl (C=O) groups is 1. The molecule has 2 N–H and O–H groups in total. The van der Waals surface area contributed by atoms with Crippen LogP contribution in [-0.4, -0.2) is 37.9 Å². The van der Waals surface area contributed by atoms with Gasteiger partial charge in [0.15, 0.2) is 11.5 Å². The van der Waals surface area contributed by atoms with Crippen molar-refractivity contribution in [2.75, 3.05) is 26.9 Å². The Morgan fingerprint density at radius 2 is 2.22 bits per heavy atom. The summed E-state index contributed by atoms with van der Waals surface area (Å²) in [7, 11) is 1.65. The Labute approximate surface area is 105 Å². The molecule has 0 atom stereocenters. The number of rotatable bonds is 4. The van der Waals surface area contributed by atoms with Crippen molar-refractivity contribution in [3.8, 4) is 11.5 Å². The van der Waals surface area contributed by atoms with Crippen LogP contribution in [0.15, 0.2) is 18.2 Å². The van der Waals surface area contributed by atoms with Crippen LogP contribution in [0.25, 0.3) is 0 Å². The van der Waals surface area contributed by atoms with Crippen LogP contribution < -0.4 is 15.2 Å². The molecule has 0 aromatic heterocycles. The SMILES string of the molecule is CN(CCN)C(=O)OCc1ccc2c(c1)OCO2. The monoisotopic (exact) mass is 252 g/mol. The topological polar surface area (TPSA) is 74.0 Å². The van der Waals surface area contributed by atoms with Crippen molar-refractivity contribution < 1.29 is 19.0 Å². The highest BCUT2D eigenvalue weighted by Gasteiger charge is 2.14. The molecule has 0 radical (unpaired) electrons. The maximum atomic E-state index is 11.5. The van der Waals surface area contributed by atoms with Gasteiger partial charge in [0, 0.05) is 20.1 Å². The van der Waals surface area contributed by atoms with Gasteiger partial charge >= 0.3 is 6.09 Å². The normalized spacial score (nSPS) is 12.3. The molecule has 1 aromatic carbocycles. The summed E-state index contributed by atoms with van der Waals surface area (Å²) in [6.45, 7) is 1.32. The van der Waals surface area contributed by atoms with Crippen molar-refractivity contribution in [2.45, 2.75) is 6.61 Å². The number of carbonyl (C=O) groups excluding carboxylic acids is 1. The van der Waals surface area contributed by atoms with Gasteiger partial charge in [0.1, 0.15) is 6.61 Å². The lowest BCUT2D eigenvalue weighted by molar-refractivity contribution is 0.105. The molecule has 0 spiro atoms. The van der Waals surface area contributed by atoms with Crippen molar-refractivity contribution >= 4 is 6.09 Å². The van der Waals surface area contributed by atoms with Gasteiger partial charge in [0.25, 0.3) is 0 Å². The quantitative estimate of drug-likeness (QED) is 0.863. The fourth-order valence-electron chi connectivity index (χ4n) is 1.57. The number of ether oxygens (including phenoxy) is 3. The van der Waals surface area contributed by atoms with Gasteiger partial charge in [-0.2, -0.15) is 0 Å². The van der Waals surface area contributed by atoms with E-state index in [0.29, 0.717) is 24.6 Å². The molecule has 1 amide bonds. The van der Waals surface area contributed by atoms with Crippen molar-refractivity contribution in [2.24, 2.45) is 5.73 Å². The van der Waals surface area contributed by atoms with Crippen LogP contribution in [0.1, 0.15) is 5.56 Å². The van der Waals surface area contributed by atoms with Crippen molar-refractivity contribution in [1.82, 2.24) is 4.90 Å². The first-order valence-corrected chi connectivity index (χ1v) is 5.67. The molecule has 98 valence electrons. The molecule has 18 heavy (non-hydrogen) atoms. The summed E-state index contributed by atoms with van der Waals surface area (Å²) in [5.74, 6) is 1.39. The number of nitrogens with two attached hydrogens (primary N) is 1. The molecule has 2 rings (SSSR count). The zero-order valence-electron chi connectivity index (χ0n) is 10.2. The van der Waals surface area contributed by atoms with Crippen molar-refractivity contribution in [1.29, 1.82) is 0 Å². The molecule has 1 aliphatic rings. The van der Waals surface area contributed by atoms with Crippen LogP contribution in [0, 0.1) is 0 Å². The van der Waals surface area contributed by atoms with E-state index in [2.05, 4.69) is 0 Å². The minimum absolute atomic E-state index is 0.199. The Bertz CT molecular complexity index is 436. The number of hydrogen-bond donors (Lipinski definition) is 1. The smallest absolute Gasteiger partial charge is 0.409 e. The molecular weight excluding hydrogens is 236 g/mol. The average Bonchev–Trinajstić information content (AvgIpc) is 2.83. The maximum absolute atomic E-state index is 11.5. The Morgan fingerprint density at radius 1 is 1.44 bits per heavy atom. The van der Waals surface area contributed by atoms with Gasteiger partial charge in [-0.1, -0.05) is 6.07 Å². The van der Waals surface area contributed by atoms with Crippen LogP contribution >= 0.6 is 0 Å². The number of benzene rings is 1. The predicted octanol–water partition coefficient (Wildman–Crippen LogP) is 0.942. The Morgan fingerprint density at radius 3 is 3.00 bits per heavy atom. The Kier molecular flexibility index (Phi) is 3.88. The van der Waals surface area contributed by atoms with Gasteiger partial charge in [0.05, 0.1) is 0 Å². The molecule has 6 heteroatoms. The van der Waals surface area contributed by atoms with E-state index in [1.807, 2.05) is 6.07 Å². The number of nitrogens with zero attached hydrogens (tertiary/aromatic N) is 1. The second kappa shape index (κ2) is 5.59. The second-order valence-electron chi connectivity index (χ2n) is 3.95. The first-order valence-electron chi connectivity index (χ1n) is 5.67. The molecule has 0 fully saturated rings. The minimum Gasteiger partial charge on any atom is -0.454 e. The molecule has 0 saturated carbocycles. The molecule has 1 aliphatic heterocycles. The number of hydrogen-bond acceptors (Lipinski definition) is 5. The maximum Gasteiger partial charge on any atom is 0.409 e. The summed E-state index contributed by atoms with van der Waals surface area (Å²) in [6, 6.07) is 5.44. The minimum atomic E-state index is -0.391. The summed E-state index contributed by atoms with van der Waals surface area (Å²) in [5, 5.41) is 0. The standard InChI is InChI=1S/C12H16N2O4/c1-14(5-4-13)12(15)16-7-9-2-3-10-11(6-9)18-8-17-10/h2-3,6H,4-5,7-8,13H2,1H3. The summed E-state index contributed by atoms with van der Waals surface area (Å²) >= 11 is 0. The van der Waals surface area contributed by atoms with Crippen LogP contribution in [0.4, 0.5) is 4.79 Å². The third kappa shape index (κ3) is 2.84. The van der Waals surface area contributed by atoms with E-state index >= 15 is 0 Å². The van der Waals surface area contributed by atoms with Crippen LogP contribution in [0.3, 0.4) is 0 Å². The fraction of sp³-hybridized carbons (Fsp3) is 0.417. The number of amides is 1. The molecule has 0 unspecified atom stereocenters. The Balaban J connectivity index is 1.88. The van der Waals surface area contributed by atoms with Gasteiger partial charge in [-0.3, -0.25) is 0 Å². The lowest BCUT2D eigenvalue weighted by Crippen LogP contribution is -2.32. The highest BCUT2D eigenvalue weighted by molar-refractivity contribution is 5.67. The van der Waals surface area contributed by atoms with E-state index in [4.69, 9.17) is 19.9 Å². The van der Waals surface area contributed by atoms with E-state index in [1.54, 1.807) is 19.2 Å². The van der Waals surface area contributed by atoms with Crippen molar-refractivity contribution in [3.05, 3.63) is 23.8 Å². The number of fused-ring (bicyclic) bond motifs is 1. The first-order chi connectivity index (χ1) is 8.70. The van der Waals surface area contributed by atoms with Gasteiger partial charge in [-0.25, -0.2) is 4.79 Å². The van der Waals surface area contributed by atoms with Gasteiger partial charge in [-0.15, -0.1) is 0 Å². The lowest BCUT2D eigenvalue weighted by Gasteiger charge is -2.15. The Hall–Kier alpha value is -1.95. The fourth-order valence-corrected chi connectivity index (χ4v) is 1.57. The highest BCUT2D eigenvalue weighted by Crippen LogP contribution is 2.32. The molecular formula is C12H16N2O4. The van der Waals surface area contributed by atoms with Crippen LogP contribution in [0.5, 0.6) is 11.5 Å². The molecule has 1 aromatic rings. The molecule has 0 saturated heterocycles. The van der Waals surface area contributed by atoms with E-state index in [0.717, 1.165) is 5.56 Å². The summed E-state index contributed by atoms with van der Waals surface area (Å²) in [4.78, 5) is 13.0. The predicted molar refractivity (Wildman–Crippen MR) is 64.4 cm³/mol. The second-order valence-corrected chi connectivity index (χ2v) is 3.95. The van der Waals surface area contributed by atoms with E-state index in [-0.39, 0.29) is 13.4 Å². The van der Waals surface area contributed by atoms with Crippen molar-refractivity contribution in [3.63, 3.8) is 0 Å². The van der Waals surface area contributed by atoms with Crippen LogP contribution in [-0.2, 0) is 11.3 Å². The zero-order valence-corrected chi connectivity index (χ0v) is 10.2. The van der Waals surface area contributed by atoms with Crippen LogP contribution in [0.2, 0.25) is 0 Å². The first kappa shape index (κ1) is 12.5. The molecule has 1 heterocycles. The molecule has 0 aliphatic carbocycles. The van der Waals surface area contributed by atoms with E-state index in [1.165, 1.54) is 4.90 Å².